The molecule has 0 aliphatic carbocycles. The van der Waals surface area contributed by atoms with E-state index >= 15 is 0 Å². The van der Waals surface area contributed by atoms with Gasteiger partial charge in [-0.15, -0.1) is 12.4 Å². The molecule has 1 aromatic carbocycles. The number of para-hydroxylation sites is 2. The molecule has 156 valence electrons. The van der Waals surface area contributed by atoms with E-state index in [1.807, 2.05) is 36.5 Å². The van der Waals surface area contributed by atoms with Crippen LogP contribution < -0.4 is 10.1 Å². The van der Waals surface area contributed by atoms with Crippen LogP contribution in [0.15, 0.2) is 42.6 Å². The summed E-state index contributed by atoms with van der Waals surface area (Å²) in [6, 6.07) is 11.9. The van der Waals surface area contributed by atoms with Gasteiger partial charge in [0.25, 0.3) is 0 Å². The first kappa shape index (κ1) is 21.8. The molecule has 5 rings (SSSR count). The molecule has 4 heterocycles. The second-order valence-corrected chi connectivity index (χ2v) is 7.42. The maximum atomic E-state index is 6.05. The van der Waals surface area contributed by atoms with Crippen molar-refractivity contribution in [2.24, 2.45) is 0 Å². The summed E-state index contributed by atoms with van der Waals surface area (Å²) in [5, 5.41) is 3.76. The fourth-order valence-corrected chi connectivity index (χ4v) is 3.82. The standard InChI is InChI=1S/C14H20N2O2.C7H5ClN2.ClH/c1-2-13(11-4-8-17-9-5-11)14(16-6-1)18-12-3-7-15-10-12;8-7-9-5-3-1-2-4-6(5)10-7;/h1-2,6,11-12,15H,3-5,7-10H2;1-4H,(H,9,10);1H/t12-;;/m1../s1. The van der Waals surface area contributed by atoms with Crippen LogP contribution in [-0.2, 0) is 4.74 Å². The van der Waals surface area contributed by atoms with Gasteiger partial charge in [-0.2, -0.15) is 0 Å². The summed E-state index contributed by atoms with van der Waals surface area (Å²) < 4.78 is 11.5. The zero-order valence-electron chi connectivity index (χ0n) is 16.1. The number of pyridine rings is 1. The lowest BCUT2D eigenvalue weighted by Crippen LogP contribution is -2.22. The van der Waals surface area contributed by atoms with Gasteiger partial charge in [-0.3, -0.25) is 0 Å². The van der Waals surface area contributed by atoms with Crippen molar-refractivity contribution in [2.45, 2.75) is 31.3 Å². The van der Waals surface area contributed by atoms with Crippen LogP contribution in [0.3, 0.4) is 0 Å². The highest BCUT2D eigenvalue weighted by Gasteiger charge is 2.23. The zero-order valence-corrected chi connectivity index (χ0v) is 17.7. The van der Waals surface area contributed by atoms with Gasteiger partial charge in [0.05, 0.1) is 11.0 Å². The average molecular weight is 437 g/mol. The highest BCUT2D eigenvalue weighted by molar-refractivity contribution is 6.29. The molecule has 0 unspecified atom stereocenters. The monoisotopic (exact) mass is 436 g/mol. The molecule has 2 aromatic heterocycles. The third-order valence-corrected chi connectivity index (χ3v) is 5.29. The summed E-state index contributed by atoms with van der Waals surface area (Å²) in [6.45, 7) is 3.68. The lowest BCUT2D eigenvalue weighted by Gasteiger charge is -2.24. The largest absolute Gasteiger partial charge is 0.473 e. The lowest BCUT2D eigenvalue weighted by atomic mass is 9.92. The summed E-state index contributed by atoms with van der Waals surface area (Å²) in [5.41, 5.74) is 3.15. The highest BCUT2D eigenvalue weighted by atomic mass is 35.5. The molecule has 3 aromatic rings. The summed E-state index contributed by atoms with van der Waals surface area (Å²) in [7, 11) is 0. The normalized spacial score (nSPS) is 19.3. The van der Waals surface area contributed by atoms with Gasteiger partial charge in [0.15, 0.2) is 0 Å². The highest BCUT2D eigenvalue weighted by Crippen LogP contribution is 2.32. The molecular weight excluding hydrogens is 411 g/mol. The van der Waals surface area contributed by atoms with Crippen LogP contribution >= 0.6 is 24.0 Å². The van der Waals surface area contributed by atoms with Gasteiger partial charge in [-0.1, -0.05) is 18.2 Å². The second kappa shape index (κ2) is 10.8. The van der Waals surface area contributed by atoms with Crippen LogP contribution in [-0.4, -0.2) is 47.4 Å². The van der Waals surface area contributed by atoms with Gasteiger partial charge in [-0.25, -0.2) is 9.97 Å². The van der Waals surface area contributed by atoms with Gasteiger partial charge in [0.2, 0.25) is 11.2 Å². The number of hydrogen-bond donors (Lipinski definition) is 2. The maximum absolute atomic E-state index is 6.05. The molecule has 0 amide bonds. The number of nitrogens with one attached hydrogen (secondary N) is 2. The van der Waals surface area contributed by atoms with E-state index < -0.39 is 0 Å². The summed E-state index contributed by atoms with van der Waals surface area (Å²) in [6.07, 6.45) is 5.32. The van der Waals surface area contributed by atoms with E-state index in [1.54, 1.807) is 0 Å². The van der Waals surface area contributed by atoms with Crippen molar-refractivity contribution in [3.8, 4) is 5.88 Å². The smallest absolute Gasteiger partial charge is 0.217 e. The number of benzene rings is 1. The molecule has 2 N–H and O–H groups in total. The van der Waals surface area contributed by atoms with E-state index in [4.69, 9.17) is 21.1 Å². The zero-order chi connectivity index (χ0) is 19.2. The molecule has 6 nitrogen and oxygen atoms in total. The van der Waals surface area contributed by atoms with Crippen molar-refractivity contribution in [1.29, 1.82) is 0 Å². The molecule has 2 aliphatic rings. The molecule has 0 bridgehead atoms. The van der Waals surface area contributed by atoms with E-state index in [2.05, 4.69) is 26.3 Å². The maximum Gasteiger partial charge on any atom is 0.217 e. The van der Waals surface area contributed by atoms with E-state index in [-0.39, 0.29) is 18.5 Å². The lowest BCUT2D eigenvalue weighted by molar-refractivity contribution is 0.0839. The number of nitrogens with zero attached hydrogens (tertiary/aromatic N) is 2. The number of aromatic amines is 1. The third kappa shape index (κ3) is 5.82. The Kier molecular flexibility index (Phi) is 8.12. The van der Waals surface area contributed by atoms with Crippen molar-refractivity contribution in [3.63, 3.8) is 0 Å². The third-order valence-electron chi connectivity index (χ3n) is 5.12. The Hall–Kier alpha value is -1.86. The molecule has 1 atom stereocenters. The van der Waals surface area contributed by atoms with Crippen LogP contribution in [0.2, 0.25) is 5.28 Å². The first-order valence-electron chi connectivity index (χ1n) is 9.80. The van der Waals surface area contributed by atoms with Crippen LogP contribution in [0.1, 0.15) is 30.7 Å². The fourth-order valence-electron chi connectivity index (χ4n) is 3.63. The Morgan fingerprint density at radius 2 is 1.90 bits per heavy atom. The van der Waals surface area contributed by atoms with Crippen LogP contribution in [0.5, 0.6) is 5.88 Å². The van der Waals surface area contributed by atoms with Crippen LogP contribution in [0.4, 0.5) is 0 Å². The Morgan fingerprint density at radius 3 is 2.66 bits per heavy atom. The molecule has 29 heavy (non-hydrogen) atoms. The van der Waals surface area contributed by atoms with Gasteiger partial charge in [0, 0.05) is 31.5 Å². The number of rotatable bonds is 3. The topological polar surface area (TPSA) is 72.1 Å². The number of fused-ring (bicyclic) bond motifs is 1. The van der Waals surface area contributed by atoms with E-state index in [0.29, 0.717) is 11.2 Å². The average Bonchev–Trinajstić information content (AvgIpc) is 3.38. The van der Waals surface area contributed by atoms with Crippen LogP contribution in [0.25, 0.3) is 11.0 Å². The van der Waals surface area contributed by atoms with Gasteiger partial charge in [-0.05, 0) is 61.5 Å². The molecule has 0 radical (unpaired) electrons. The first-order valence-corrected chi connectivity index (χ1v) is 10.2. The van der Waals surface area contributed by atoms with Crippen LogP contribution in [0, 0.1) is 0 Å². The molecule has 2 saturated heterocycles. The summed E-state index contributed by atoms with van der Waals surface area (Å²) in [4.78, 5) is 11.4. The number of H-pyrrole nitrogens is 1. The Labute approximate surface area is 181 Å². The number of aromatic nitrogens is 3. The number of halogens is 2. The van der Waals surface area contributed by atoms with E-state index in [0.717, 1.165) is 62.5 Å². The van der Waals surface area contributed by atoms with Crippen molar-refractivity contribution in [3.05, 3.63) is 53.4 Å². The number of imidazole rings is 1. The molecule has 2 aliphatic heterocycles. The Balaban J connectivity index is 0.000000186. The second-order valence-electron chi connectivity index (χ2n) is 7.06. The molecule has 0 saturated carbocycles. The summed E-state index contributed by atoms with van der Waals surface area (Å²) >= 11 is 5.62. The van der Waals surface area contributed by atoms with Gasteiger partial charge >= 0.3 is 0 Å². The Bertz CT molecular complexity index is 860. The van der Waals surface area contributed by atoms with Crippen molar-refractivity contribution in [1.82, 2.24) is 20.3 Å². The SMILES string of the molecule is Cl.Clc1nc2ccccc2[nH]1.c1cnc(O[C@@H]2CCNC2)c(C2CCOCC2)c1. The summed E-state index contributed by atoms with van der Waals surface area (Å²) in [5.74, 6) is 1.37. The minimum Gasteiger partial charge on any atom is -0.473 e. The van der Waals surface area contributed by atoms with Crippen molar-refractivity contribution < 1.29 is 9.47 Å². The first-order chi connectivity index (χ1) is 13.8. The predicted molar refractivity (Wildman–Crippen MR) is 117 cm³/mol. The predicted octanol–water partition coefficient (Wildman–Crippen LogP) is 4.35. The number of ether oxygens (including phenoxy) is 2. The Morgan fingerprint density at radius 1 is 1.07 bits per heavy atom. The molecule has 2 fully saturated rings. The van der Waals surface area contributed by atoms with E-state index in [9.17, 15) is 0 Å². The molecule has 0 spiro atoms. The minimum atomic E-state index is 0. The van der Waals surface area contributed by atoms with Gasteiger partial charge < -0.3 is 19.8 Å². The van der Waals surface area contributed by atoms with E-state index in [1.165, 1.54) is 5.56 Å². The van der Waals surface area contributed by atoms with Crippen molar-refractivity contribution in [2.75, 3.05) is 26.3 Å². The molecule has 8 heteroatoms. The van der Waals surface area contributed by atoms with Gasteiger partial charge in [0.1, 0.15) is 6.10 Å². The molecular formula is C21H26Cl2N4O2. The minimum absolute atomic E-state index is 0. The number of hydrogen-bond acceptors (Lipinski definition) is 5. The van der Waals surface area contributed by atoms with Crippen molar-refractivity contribution >= 4 is 35.0 Å². The fraction of sp³-hybridized carbons (Fsp3) is 0.429. The quantitative estimate of drug-likeness (QED) is 0.638.